The van der Waals surface area contributed by atoms with E-state index in [1.165, 1.54) is 12.1 Å². The van der Waals surface area contributed by atoms with Crippen LogP contribution in [0.1, 0.15) is 23.3 Å². The molecule has 1 aromatic heterocycles. The van der Waals surface area contributed by atoms with Crippen molar-refractivity contribution in [1.29, 1.82) is 0 Å². The van der Waals surface area contributed by atoms with Crippen LogP contribution in [0.3, 0.4) is 0 Å². The van der Waals surface area contributed by atoms with Crippen molar-refractivity contribution in [3.05, 3.63) is 72.2 Å². The molecule has 2 N–H and O–H groups in total. The zero-order valence-corrected chi connectivity index (χ0v) is 15.8. The van der Waals surface area contributed by atoms with Crippen LogP contribution in [0.4, 0.5) is 15.9 Å². The van der Waals surface area contributed by atoms with Crippen LogP contribution in [-0.4, -0.2) is 35.1 Å². The fourth-order valence-electron chi connectivity index (χ4n) is 3.13. The molecule has 1 atom stereocenters. The minimum Gasteiger partial charge on any atom is -0.376 e. The largest absolute Gasteiger partial charge is 0.376 e. The average molecular weight is 392 g/mol. The molecule has 1 aliphatic heterocycles. The van der Waals surface area contributed by atoms with Crippen molar-refractivity contribution < 1.29 is 13.9 Å². The maximum absolute atomic E-state index is 13.2. The maximum atomic E-state index is 13.2. The summed E-state index contributed by atoms with van der Waals surface area (Å²) in [5.74, 6) is 0.271. The highest BCUT2D eigenvalue weighted by atomic mass is 19.1. The molecule has 2 heterocycles. The van der Waals surface area contributed by atoms with Crippen LogP contribution in [0.2, 0.25) is 0 Å². The van der Waals surface area contributed by atoms with Crippen LogP contribution in [0.15, 0.2) is 60.7 Å². The van der Waals surface area contributed by atoms with Crippen LogP contribution < -0.4 is 10.6 Å². The zero-order chi connectivity index (χ0) is 20.1. The number of anilines is 2. The number of ether oxygens (including phenoxy) is 1. The maximum Gasteiger partial charge on any atom is 0.270 e. The molecule has 1 saturated heterocycles. The van der Waals surface area contributed by atoms with Crippen LogP contribution in [-0.2, 0) is 4.74 Å². The summed E-state index contributed by atoms with van der Waals surface area (Å²) >= 11 is 0. The van der Waals surface area contributed by atoms with Crippen molar-refractivity contribution >= 4 is 17.4 Å². The lowest BCUT2D eigenvalue weighted by Crippen LogP contribution is -2.32. The van der Waals surface area contributed by atoms with Crippen molar-refractivity contribution in [2.75, 3.05) is 18.5 Å². The highest BCUT2D eigenvalue weighted by Crippen LogP contribution is 2.21. The molecule has 1 aliphatic rings. The van der Waals surface area contributed by atoms with Gasteiger partial charge in [-0.05, 0) is 37.1 Å². The average Bonchev–Trinajstić information content (AvgIpc) is 3.28. The Morgan fingerprint density at radius 2 is 1.90 bits per heavy atom. The molecule has 7 heteroatoms. The molecular formula is C22H21FN4O2. The van der Waals surface area contributed by atoms with Crippen molar-refractivity contribution in [1.82, 2.24) is 15.3 Å². The Morgan fingerprint density at radius 1 is 1.10 bits per heavy atom. The monoisotopic (exact) mass is 392 g/mol. The first-order chi connectivity index (χ1) is 14.2. The molecule has 29 heavy (non-hydrogen) atoms. The van der Waals surface area contributed by atoms with Gasteiger partial charge in [0.05, 0.1) is 6.10 Å². The highest BCUT2D eigenvalue weighted by molar-refractivity contribution is 5.93. The molecule has 0 bridgehead atoms. The number of carbonyl (C=O) groups is 1. The fraction of sp³-hybridized carbons (Fsp3) is 0.227. The number of halogens is 1. The van der Waals surface area contributed by atoms with Crippen LogP contribution in [0.5, 0.6) is 0 Å². The van der Waals surface area contributed by atoms with Crippen LogP contribution >= 0.6 is 0 Å². The molecule has 0 radical (unpaired) electrons. The topological polar surface area (TPSA) is 76.1 Å². The van der Waals surface area contributed by atoms with Gasteiger partial charge in [0, 0.05) is 30.5 Å². The van der Waals surface area contributed by atoms with E-state index in [9.17, 15) is 9.18 Å². The number of hydrogen-bond donors (Lipinski definition) is 2. The molecule has 1 fully saturated rings. The quantitative estimate of drug-likeness (QED) is 0.665. The number of amides is 1. The molecule has 148 valence electrons. The van der Waals surface area contributed by atoms with E-state index in [0.717, 1.165) is 25.0 Å². The molecule has 6 nitrogen and oxygen atoms in total. The Morgan fingerprint density at radius 3 is 2.62 bits per heavy atom. The Labute approximate surface area is 168 Å². The third kappa shape index (κ3) is 4.94. The van der Waals surface area contributed by atoms with Gasteiger partial charge in [-0.3, -0.25) is 4.79 Å². The lowest BCUT2D eigenvalue weighted by molar-refractivity contribution is 0.0853. The fourth-order valence-corrected chi connectivity index (χ4v) is 3.13. The number of rotatable bonds is 6. The Kier molecular flexibility index (Phi) is 5.76. The summed E-state index contributed by atoms with van der Waals surface area (Å²) in [4.78, 5) is 21.7. The van der Waals surface area contributed by atoms with E-state index >= 15 is 0 Å². The van der Waals surface area contributed by atoms with E-state index < -0.39 is 0 Å². The lowest BCUT2D eigenvalue weighted by Gasteiger charge is -2.13. The van der Waals surface area contributed by atoms with Crippen LogP contribution in [0.25, 0.3) is 11.4 Å². The zero-order valence-electron chi connectivity index (χ0n) is 15.8. The van der Waals surface area contributed by atoms with E-state index in [-0.39, 0.29) is 23.5 Å². The summed E-state index contributed by atoms with van der Waals surface area (Å²) in [7, 11) is 0. The number of benzene rings is 2. The number of nitrogens with zero attached hydrogens (tertiary/aromatic N) is 2. The third-order valence-electron chi connectivity index (χ3n) is 4.62. The van der Waals surface area contributed by atoms with Gasteiger partial charge in [0.1, 0.15) is 17.3 Å². The Hall–Kier alpha value is -3.32. The first-order valence-electron chi connectivity index (χ1n) is 9.54. The Bertz CT molecular complexity index is 974. The van der Waals surface area contributed by atoms with Crippen molar-refractivity contribution in [3.63, 3.8) is 0 Å². The van der Waals surface area contributed by atoms with Crippen LogP contribution in [0, 0.1) is 5.82 Å². The van der Waals surface area contributed by atoms with Gasteiger partial charge in [-0.15, -0.1) is 0 Å². The van der Waals surface area contributed by atoms with Crippen molar-refractivity contribution in [3.8, 4) is 11.4 Å². The predicted molar refractivity (Wildman–Crippen MR) is 108 cm³/mol. The van der Waals surface area contributed by atoms with Crippen molar-refractivity contribution in [2.45, 2.75) is 18.9 Å². The molecular weight excluding hydrogens is 371 g/mol. The van der Waals surface area contributed by atoms with Crippen molar-refractivity contribution in [2.24, 2.45) is 0 Å². The summed E-state index contributed by atoms with van der Waals surface area (Å²) < 4.78 is 18.7. The standard InChI is InChI=1S/C22H21FN4O2/c23-16-8-10-17(11-9-16)25-20-13-19(22(28)24-14-18-7-4-12-29-18)26-21(27-20)15-5-2-1-3-6-15/h1-3,5-6,8-11,13,18H,4,7,12,14H2,(H,24,28)(H,25,26,27). The smallest absolute Gasteiger partial charge is 0.270 e. The van der Waals surface area contributed by atoms with Gasteiger partial charge in [-0.25, -0.2) is 14.4 Å². The molecule has 1 unspecified atom stereocenters. The van der Waals surface area contributed by atoms with E-state index in [4.69, 9.17) is 4.74 Å². The number of nitrogens with one attached hydrogen (secondary N) is 2. The van der Waals surface area contributed by atoms with E-state index in [0.29, 0.717) is 23.9 Å². The lowest BCUT2D eigenvalue weighted by atomic mass is 10.2. The number of hydrogen-bond acceptors (Lipinski definition) is 5. The summed E-state index contributed by atoms with van der Waals surface area (Å²) in [5.41, 5.74) is 1.71. The molecule has 1 amide bonds. The molecule has 2 aromatic carbocycles. The normalized spacial score (nSPS) is 15.8. The summed E-state index contributed by atoms with van der Waals surface area (Å²) in [6, 6.07) is 16.9. The minimum atomic E-state index is -0.322. The first-order valence-corrected chi connectivity index (χ1v) is 9.54. The number of aromatic nitrogens is 2. The van der Waals surface area contributed by atoms with E-state index in [1.54, 1.807) is 18.2 Å². The third-order valence-corrected chi connectivity index (χ3v) is 4.62. The van der Waals surface area contributed by atoms with Gasteiger partial charge < -0.3 is 15.4 Å². The van der Waals surface area contributed by atoms with Gasteiger partial charge in [0.15, 0.2) is 5.82 Å². The number of carbonyl (C=O) groups excluding carboxylic acids is 1. The minimum absolute atomic E-state index is 0.0474. The second-order valence-corrected chi connectivity index (χ2v) is 6.81. The SMILES string of the molecule is O=C(NCC1CCCO1)c1cc(Nc2ccc(F)cc2)nc(-c2ccccc2)n1. The van der Waals surface area contributed by atoms with Gasteiger partial charge in [0.2, 0.25) is 0 Å². The molecule has 0 saturated carbocycles. The predicted octanol–water partition coefficient (Wildman–Crippen LogP) is 3.94. The summed E-state index contributed by atoms with van der Waals surface area (Å²) in [5, 5.41) is 6.00. The summed E-state index contributed by atoms with van der Waals surface area (Å²) in [6.07, 6.45) is 2.00. The molecule has 0 spiro atoms. The van der Waals surface area contributed by atoms with Gasteiger partial charge in [-0.2, -0.15) is 0 Å². The van der Waals surface area contributed by atoms with E-state index in [2.05, 4.69) is 20.6 Å². The Balaban J connectivity index is 1.60. The summed E-state index contributed by atoms with van der Waals surface area (Å²) in [6.45, 7) is 1.18. The second-order valence-electron chi connectivity index (χ2n) is 6.81. The van der Waals surface area contributed by atoms with Gasteiger partial charge in [-0.1, -0.05) is 30.3 Å². The second kappa shape index (κ2) is 8.79. The molecule has 3 aromatic rings. The van der Waals surface area contributed by atoms with Gasteiger partial charge >= 0.3 is 0 Å². The van der Waals surface area contributed by atoms with Gasteiger partial charge in [0.25, 0.3) is 5.91 Å². The molecule has 4 rings (SSSR count). The first kappa shape index (κ1) is 19.0. The molecule has 0 aliphatic carbocycles. The van der Waals surface area contributed by atoms with E-state index in [1.807, 2.05) is 30.3 Å². The highest BCUT2D eigenvalue weighted by Gasteiger charge is 2.18.